The fraction of sp³-hybridized carbons (Fsp3) is 0.650. The van der Waals surface area contributed by atoms with E-state index in [1.807, 2.05) is 6.92 Å². The molecule has 0 unspecified atom stereocenters. The van der Waals surface area contributed by atoms with Crippen molar-refractivity contribution in [3.8, 4) is 11.5 Å². The Labute approximate surface area is 159 Å². The van der Waals surface area contributed by atoms with E-state index in [1.165, 1.54) is 13.5 Å². The number of hydrogen-bond acceptors (Lipinski definition) is 4. The van der Waals surface area contributed by atoms with Gasteiger partial charge in [-0.2, -0.15) is 0 Å². The van der Waals surface area contributed by atoms with E-state index in [1.54, 1.807) is 6.92 Å². The van der Waals surface area contributed by atoms with Crippen molar-refractivity contribution in [3.05, 3.63) is 22.3 Å². The Morgan fingerprint density at radius 3 is 2.52 bits per heavy atom. The summed E-state index contributed by atoms with van der Waals surface area (Å²) in [7, 11) is 1.41. The zero-order valence-electron chi connectivity index (χ0n) is 16.0. The van der Waals surface area contributed by atoms with E-state index < -0.39 is 5.60 Å². The number of hydrogen-bond donors (Lipinski definition) is 0. The van der Waals surface area contributed by atoms with Crippen molar-refractivity contribution >= 4 is 21.9 Å². The van der Waals surface area contributed by atoms with Gasteiger partial charge in [0.2, 0.25) is 5.60 Å². The van der Waals surface area contributed by atoms with Crippen LogP contribution in [-0.2, 0) is 16.0 Å². The SMILES string of the molecule is COC(=O)[C@]1(C)CCc2c(C)c(OCCCCCBr)c(C)c(C)c2O1. The van der Waals surface area contributed by atoms with Crippen molar-refractivity contribution in [3.63, 3.8) is 0 Å². The molecule has 1 aromatic carbocycles. The summed E-state index contributed by atoms with van der Waals surface area (Å²) in [6, 6.07) is 0. The summed E-state index contributed by atoms with van der Waals surface area (Å²) in [4.78, 5) is 12.1. The Kier molecular flexibility index (Phi) is 6.78. The van der Waals surface area contributed by atoms with E-state index in [4.69, 9.17) is 14.2 Å². The first kappa shape index (κ1) is 20.1. The van der Waals surface area contributed by atoms with Crippen LogP contribution in [-0.4, -0.2) is 30.6 Å². The molecular formula is C20H29BrO4. The molecule has 0 bridgehead atoms. The lowest BCUT2D eigenvalue weighted by Gasteiger charge is -2.36. The largest absolute Gasteiger partial charge is 0.493 e. The van der Waals surface area contributed by atoms with Crippen LogP contribution in [0.1, 0.15) is 54.9 Å². The van der Waals surface area contributed by atoms with Crippen molar-refractivity contribution in [2.45, 2.75) is 65.4 Å². The Hall–Kier alpha value is -1.23. The van der Waals surface area contributed by atoms with Gasteiger partial charge < -0.3 is 14.2 Å². The molecule has 1 heterocycles. The molecule has 0 fully saturated rings. The summed E-state index contributed by atoms with van der Waals surface area (Å²) in [6.07, 6.45) is 4.78. The summed E-state index contributed by atoms with van der Waals surface area (Å²) in [5, 5.41) is 1.04. The second-order valence-corrected chi connectivity index (χ2v) is 7.73. The smallest absolute Gasteiger partial charge is 0.349 e. The van der Waals surface area contributed by atoms with Gasteiger partial charge in [0.05, 0.1) is 13.7 Å². The number of unbranched alkanes of at least 4 members (excludes halogenated alkanes) is 2. The Morgan fingerprint density at radius 1 is 1.16 bits per heavy atom. The number of carbonyl (C=O) groups is 1. The van der Waals surface area contributed by atoms with Gasteiger partial charge in [-0.1, -0.05) is 15.9 Å². The number of halogens is 1. The Bertz CT molecular complexity index is 641. The van der Waals surface area contributed by atoms with Gasteiger partial charge in [0.15, 0.2) is 0 Å². The number of rotatable bonds is 7. The number of alkyl halides is 1. The van der Waals surface area contributed by atoms with Crippen molar-refractivity contribution in [1.29, 1.82) is 0 Å². The van der Waals surface area contributed by atoms with Crippen LogP contribution in [0.25, 0.3) is 0 Å². The summed E-state index contributed by atoms with van der Waals surface area (Å²) in [6.45, 7) is 8.72. The number of ether oxygens (including phenoxy) is 3. The minimum absolute atomic E-state index is 0.319. The molecule has 25 heavy (non-hydrogen) atoms. The van der Waals surface area contributed by atoms with Crippen molar-refractivity contribution in [2.24, 2.45) is 0 Å². The quantitative estimate of drug-likeness (QED) is 0.366. The molecule has 0 saturated heterocycles. The molecule has 1 aliphatic heterocycles. The highest BCUT2D eigenvalue weighted by molar-refractivity contribution is 9.09. The normalized spacial score (nSPS) is 19.1. The minimum Gasteiger partial charge on any atom is -0.493 e. The predicted molar refractivity (Wildman–Crippen MR) is 103 cm³/mol. The maximum atomic E-state index is 12.1. The maximum Gasteiger partial charge on any atom is 0.349 e. The van der Waals surface area contributed by atoms with Gasteiger partial charge in [-0.3, -0.25) is 0 Å². The van der Waals surface area contributed by atoms with E-state index in [0.717, 1.165) is 65.0 Å². The van der Waals surface area contributed by atoms with E-state index >= 15 is 0 Å². The van der Waals surface area contributed by atoms with Crippen LogP contribution in [0.3, 0.4) is 0 Å². The summed E-state index contributed by atoms with van der Waals surface area (Å²) < 4.78 is 17.2. The van der Waals surface area contributed by atoms with E-state index in [0.29, 0.717) is 6.42 Å². The van der Waals surface area contributed by atoms with Crippen LogP contribution >= 0.6 is 15.9 Å². The molecular weight excluding hydrogens is 384 g/mol. The molecule has 1 aromatic rings. The molecule has 0 aromatic heterocycles. The zero-order chi connectivity index (χ0) is 18.6. The van der Waals surface area contributed by atoms with E-state index in [-0.39, 0.29) is 5.97 Å². The molecule has 1 aliphatic rings. The van der Waals surface area contributed by atoms with E-state index in [2.05, 4.69) is 29.8 Å². The highest BCUT2D eigenvalue weighted by atomic mass is 79.9. The van der Waals surface area contributed by atoms with Crippen molar-refractivity contribution < 1.29 is 19.0 Å². The minimum atomic E-state index is -0.913. The second kappa shape index (κ2) is 8.43. The third-order valence-electron chi connectivity index (χ3n) is 5.13. The molecule has 0 saturated carbocycles. The third-order valence-corrected chi connectivity index (χ3v) is 5.69. The van der Waals surface area contributed by atoms with Crippen LogP contribution in [0.2, 0.25) is 0 Å². The molecule has 1 atom stereocenters. The summed E-state index contributed by atoms with van der Waals surface area (Å²) in [5.41, 5.74) is 3.51. The molecule has 0 aliphatic carbocycles. The fourth-order valence-corrected chi connectivity index (χ4v) is 3.75. The number of carbonyl (C=O) groups excluding carboxylic acids is 1. The summed E-state index contributed by atoms with van der Waals surface area (Å²) >= 11 is 3.46. The number of methoxy groups -OCH3 is 1. The number of fused-ring (bicyclic) bond motifs is 1. The van der Waals surface area contributed by atoms with Crippen LogP contribution in [0.5, 0.6) is 11.5 Å². The first-order valence-electron chi connectivity index (χ1n) is 8.94. The van der Waals surface area contributed by atoms with Gasteiger partial charge in [-0.05, 0) is 70.1 Å². The molecule has 140 valence electrons. The van der Waals surface area contributed by atoms with Crippen LogP contribution in [0.15, 0.2) is 0 Å². The maximum absolute atomic E-state index is 12.1. The molecule has 0 radical (unpaired) electrons. The van der Waals surface area contributed by atoms with Gasteiger partial charge in [0, 0.05) is 17.3 Å². The lowest BCUT2D eigenvalue weighted by molar-refractivity contribution is -0.159. The van der Waals surface area contributed by atoms with E-state index in [9.17, 15) is 4.79 Å². The average molecular weight is 413 g/mol. The Balaban J connectivity index is 2.26. The molecule has 0 amide bonds. The fourth-order valence-electron chi connectivity index (χ4n) is 3.36. The van der Waals surface area contributed by atoms with Gasteiger partial charge >= 0.3 is 5.97 Å². The summed E-state index contributed by atoms with van der Waals surface area (Å²) in [5.74, 6) is 1.47. The highest BCUT2D eigenvalue weighted by Gasteiger charge is 2.41. The van der Waals surface area contributed by atoms with Gasteiger partial charge in [-0.25, -0.2) is 4.79 Å². The van der Waals surface area contributed by atoms with Crippen LogP contribution in [0, 0.1) is 20.8 Å². The lowest BCUT2D eigenvalue weighted by atomic mass is 9.87. The Morgan fingerprint density at radius 2 is 1.88 bits per heavy atom. The van der Waals surface area contributed by atoms with Gasteiger partial charge in [0.25, 0.3) is 0 Å². The van der Waals surface area contributed by atoms with Crippen molar-refractivity contribution in [1.82, 2.24) is 0 Å². The molecule has 4 nitrogen and oxygen atoms in total. The topological polar surface area (TPSA) is 44.8 Å². The highest BCUT2D eigenvalue weighted by Crippen LogP contribution is 2.44. The standard InChI is InChI=1S/C20H29BrO4/c1-13-14(2)18-16(9-10-20(4,25-18)19(22)23-5)15(3)17(13)24-12-8-6-7-11-21/h6-12H2,1-5H3/t20-/m0/s1. The van der Waals surface area contributed by atoms with Crippen LogP contribution in [0.4, 0.5) is 0 Å². The number of benzene rings is 1. The molecule has 0 spiro atoms. The average Bonchev–Trinajstić information content (AvgIpc) is 2.61. The first-order chi connectivity index (χ1) is 11.9. The first-order valence-corrected chi connectivity index (χ1v) is 10.1. The predicted octanol–water partition coefficient (Wildman–Crippen LogP) is 4.81. The number of esters is 1. The second-order valence-electron chi connectivity index (χ2n) is 6.93. The third kappa shape index (κ3) is 4.13. The monoisotopic (exact) mass is 412 g/mol. The molecule has 5 heteroatoms. The zero-order valence-corrected chi connectivity index (χ0v) is 17.5. The lowest BCUT2D eigenvalue weighted by Crippen LogP contribution is -2.45. The van der Waals surface area contributed by atoms with Gasteiger partial charge in [-0.15, -0.1) is 0 Å². The van der Waals surface area contributed by atoms with Crippen LogP contribution < -0.4 is 9.47 Å². The molecule has 2 rings (SSSR count). The molecule has 0 N–H and O–H groups in total. The van der Waals surface area contributed by atoms with Crippen molar-refractivity contribution in [2.75, 3.05) is 19.0 Å². The van der Waals surface area contributed by atoms with Gasteiger partial charge in [0.1, 0.15) is 11.5 Å².